The average Bonchev–Trinajstić information content (AvgIpc) is 2.49. The van der Waals surface area contributed by atoms with Gasteiger partial charge in [-0.1, -0.05) is 0 Å². The van der Waals surface area contributed by atoms with Crippen molar-refractivity contribution in [2.24, 2.45) is 0 Å². The Balaban J connectivity index is 2.70. The van der Waals surface area contributed by atoms with Gasteiger partial charge in [0.05, 0.1) is 0 Å². The van der Waals surface area contributed by atoms with Crippen molar-refractivity contribution in [3.05, 3.63) is 54.3 Å². The van der Waals surface area contributed by atoms with E-state index in [0.717, 1.165) is 0 Å². The van der Waals surface area contributed by atoms with Crippen LogP contribution in [0.2, 0.25) is 0 Å². The Morgan fingerprint density at radius 3 is 1.83 bits per heavy atom. The number of halogens is 9. The molecule has 1 aromatic heterocycles. The molecule has 172 valence electrons. The van der Waals surface area contributed by atoms with Gasteiger partial charge in [0.25, 0.3) is 0 Å². The second-order valence-electron chi connectivity index (χ2n) is 6.21. The van der Waals surface area contributed by atoms with Gasteiger partial charge in [-0.3, -0.25) is 0 Å². The zero-order valence-corrected chi connectivity index (χ0v) is 19.1. The van der Waals surface area contributed by atoms with E-state index >= 15 is 0 Å². The van der Waals surface area contributed by atoms with Gasteiger partial charge in [-0.05, 0) is 0 Å². The van der Waals surface area contributed by atoms with Crippen molar-refractivity contribution in [1.29, 1.82) is 0 Å². The summed E-state index contributed by atoms with van der Waals surface area (Å²) in [4.78, 5) is 2.67. The summed E-state index contributed by atoms with van der Waals surface area (Å²) in [5.41, 5.74) is -4.41. The van der Waals surface area contributed by atoms with E-state index in [2.05, 4.69) is 7.50 Å². The first kappa shape index (κ1) is 25.1. The number of rotatable bonds is 5. The summed E-state index contributed by atoms with van der Waals surface area (Å²) in [6.45, 7) is 4.58. The molecule has 0 aliphatic heterocycles. The molecule has 0 N–H and O–H groups in total. The van der Waals surface area contributed by atoms with Crippen LogP contribution in [0.3, 0.4) is 0 Å². The molecule has 1 aromatic carbocycles. The van der Waals surface area contributed by atoms with Crippen LogP contribution in [0.25, 0.3) is 0 Å². The molecule has 0 spiro atoms. The number of aryl methyl sites for hydroxylation is 3. The van der Waals surface area contributed by atoms with Crippen LogP contribution in [-0.2, 0) is 12.6 Å². The molecule has 0 atom stereocenters. The summed E-state index contributed by atoms with van der Waals surface area (Å²) in [5, 5.41) is -2.49. The Morgan fingerprint density at radius 1 is 0.967 bits per heavy atom. The van der Waals surface area contributed by atoms with Gasteiger partial charge >= 0.3 is 175 Å². The number of aromatic nitrogens is 1. The molecule has 0 saturated carbocycles. The molecule has 2 aromatic rings. The summed E-state index contributed by atoms with van der Waals surface area (Å²) >= 11 is -4.09. The van der Waals surface area contributed by atoms with Crippen LogP contribution in [0, 0.1) is 27.9 Å². The van der Waals surface area contributed by atoms with Gasteiger partial charge in [0.2, 0.25) is 0 Å². The molecule has 0 radical (unpaired) electrons. The van der Waals surface area contributed by atoms with E-state index in [0.29, 0.717) is 22.8 Å². The van der Waals surface area contributed by atoms with Gasteiger partial charge < -0.3 is 0 Å². The van der Waals surface area contributed by atoms with E-state index in [1.807, 2.05) is 0 Å². The number of hydrogen-bond donors (Lipinski definition) is 0. The topological polar surface area (TPSA) is 56.3 Å². The van der Waals surface area contributed by atoms with Gasteiger partial charge in [0.1, 0.15) is 0 Å². The normalized spacial score (nSPS) is 16.0. The Bertz CT molecular complexity index is 1060. The molecule has 4 nitrogen and oxygen atoms in total. The number of pyridine rings is 1. The van der Waals surface area contributed by atoms with Crippen LogP contribution >= 0.6 is 30.5 Å². The summed E-state index contributed by atoms with van der Waals surface area (Å²) in [6.07, 6.45) is 0.280. The van der Waals surface area contributed by atoms with Crippen LogP contribution in [0.4, 0.5) is 32.6 Å². The first-order valence-electron chi connectivity index (χ1n) is 7.61. The predicted octanol–water partition coefficient (Wildman–Crippen LogP) is 6.99. The third-order valence-electron chi connectivity index (χ3n) is 3.48. The van der Waals surface area contributed by atoms with Crippen molar-refractivity contribution < 1.29 is 43.5 Å². The minimum atomic E-state index is -10.1. The van der Waals surface area contributed by atoms with Crippen molar-refractivity contribution in [2.45, 2.75) is 31.3 Å². The Morgan fingerprint density at radius 2 is 1.47 bits per heavy atom. The molecular formula is C15H14F8INO3S2. The van der Waals surface area contributed by atoms with Gasteiger partial charge in [0.15, 0.2) is 0 Å². The fourth-order valence-corrected chi connectivity index (χ4v) is 9.94. The quantitative estimate of drug-likeness (QED) is 0.211. The Hall–Kier alpha value is -1.20. The zero-order valence-electron chi connectivity index (χ0n) is 15.3. The van der Waals surface area contributed by atoms with Crippen molar-refractivity contribution in [2.75, 3.05) is 0 Å². The van der Waals surface area contributed by atoms with Crippen LogP contribution in [0.1, 0.15) is 16.7 Å². The van der Waals surface area contributed by atoms with Gasteiger partial charge in [-0.15, -0.1) is 0 Å². The van der Waals surface area contributed by atoms with Crippen molar-refractivity contribution in [3.63, 3.8) is 0 Å². The van der Waals surface area contributed by atoms with Crippen LogP contribution in [0.5, 0.6) is 0 Å². The van der Waals surface area contributed by atoms with Crippen molar-refractivity contribution in [1.82, 2.24) is 4.98 Å². The van der Waals surface area contributed by atoms with Crippen LogP contribution in [-0.4, -0.2) is 18.9 Å². The van der Waals surface area contributed by atoms with Gasteiger partial charge in [0, 0.05) is 0 Å². The van der Waals surface area contributed by atoms with Crippen LogP contribution in [0.15, 0.2) is 35.5 Å². The molecule has 0 aliphatic carbocycles. The molecule has 15 heteroatoms. The fourth-order valence-electron chi connectivity index (χ4n) is 2.42. The monoisotopic (exact) mass is 599 g/mol. The molecule has 0 aliphatic rings. The molecule has 0 unspecified atom stereocenters. The number of nitrogens with zero attached hydrogens (tertiary/aromatic N) is 1. The van der Waals surface area contributed by atoms with E-state index < -0.39 is 54.7 Å². The Labute approximate surface area is 174 Å². The number of benzene rings is 1. The maximum absolute atomic E-state index is 12.9. The predicted molar refractivity (Wildman–Crippen MR) is 104 cm³/mol. The third-order valence-corrected chi connectivity index (χ3v) is 12.3. The maximum atomic E-state index is 12.9. The summed E-state index contributed by atoms with van der Waals surface area (Å²) in [5.74, 6) is 0. The van der Waals surface area contributed by atoms with Gasteiger partial charge in [-0.2, -0.15) is 0 Å². The van der Waals surface area contributed by atoms with Gasteiger partial charge in [-0.25, -0.2) is 0 Å². The second-order valence-corrected chi connectivity index (χ2v) is 14.9. The molecule has 0 saturated heterocycles. The summed E-state index contributed by atoms with van der Waals surface area (Å²) < 4.78 is 130. The summed E-state index contributed by atoms with van der Waals surface area (Å²) in [7, 11) is -16.2. The standard InChI is InChI=1S/C15H14F8INO3S2/c1-9-6-10(2)14(11(3)7-9)24(28-29(26,27)15(16,17)18)12-4-5-13(25-8-12)30(19,20,21,22)23/h4-8H,1-3H3. The van der Waals surface area contributed by atoms with E-state index in [-0.39, 0.29) is 15.8 Å². The van der Waals surface area contributed by atoms with E-state index in [1.54, 1.807) is 6.92 Å². The molecule has 0 amide bonds. The molecule has 30 heavy (non-hydrogen) atoms. The molecule has 1 heterocycles. The van der Waals surface area contributed by atoms with Crippen molar-refractivity contribution >= 4 is 40.6 Å². The minimum absolute atomic E-state index is 0.0690. The molecule has 0 bridgehead atoms. The van der Waals surface area contributed by atoms with E-state index in [4.69, 9.17) is 0 Å². The first-order chi connectivity index (χ1) is 13.1. The first-order valence-corrected chi connectivity index (χ1v) is 14.0. The van der Waals surface area contributed by atoms with E-state index in [1.165, 1.54) is 26.0 Å². The molecule has 2 rings (SSSR count). The number of hydrogen-bond acceptors (Lipinski definition) is 4. The molecule has 0 fully saturated rings. The second kappa shape index (κ2) is 6.90. The summed E-state index contributed by atoms with van der Waals surface area (Å²) in [6, 6.07) is 3.42. The Kier molecular flexibility index (Phi) is 5.76. The SMILES string of the molecule is Cc1cc(C)c(I(OS(=O)(=O)C(F)(F)F)c2ccc(S(F)(F)(F)(F)F)nc2)c(C)c1. The van der Waals surface area contributed by atoms with Crippen molar-refractivity contribution in [3.8, 4) is 0 Å². The molecular weight excluding hydrogens is 585 g/mol. The average molecular weight is 599 g/mol. The number of alkyl halides is 3. The third kappa shape index (κ3) is 5.53. The fraction of sp³-hybridized carbons (Fsp3) is 0.267. The zero-order chi connectivity index (χ0) is 23.4. The van der Waals surface area contributed by atoms with Crippen LogP contribution < -0.4 is 0 Å². The van der Waals surface area contributed by atoms with E-state index in [9.17, 15) is 41.0 Å².